The van der Waals surface area contributed by atoms with E-state index in [1.807, 2.05) is 74.5 Å². The molecule has 0 fully saturated rings. The number of ether oxygens (including phenoxy) is 2. The molecule has 0 saturated heterocycles. The van der Waals surface area contributed by atoms with E-state index in [4.69, 9.17) is 9.47 Å². The molecule has 0 aromatic heterocycles. The summed E-state index contributed by atoms with van der Waals surface area (Å²) < 4.78 is 10.7. The lowest BCUT2D eigenvalue weighted by atomic mass is 10.1. The van der Waals surface area contributed by atoms with Crippen molar-refractivity contribution in [3.05, 3.63) is 77.9 Å². The van der Waals surface area contributed by atoms with Crippen LogP contribution in [-0.4, -0.2) is 25.1 Å². The first-order valence-corrected chi connectivity index (χ1v) is 10.4. The monoisotopic (exact) mass is 419 g/mol. The molecule has 3 aromatic carbocycles. The predicted molar refractivity (Wildman–Crippen MR) is 117 cm³/mol. The molecule has 0 saturated carbocycles. The molecule has 152 valence electrons. The molecule has 3 aromatic rings. The Kier molecular flexibility index (Phi) is 5.77. The first kappa shape index (κ1) is 20.0. The number of fused-ring (bicyclic) bond motifs is 2. The van der Waals surface area contributed by atoms with Crippen molar-refractivity contribution >= 4 is 35.0 Å². The van der Waals surface area contributed by atoms with Crippen molar-refractivity contribution in [2.75, 3.05) is 18.1 Å². The molecule has 6 heteroatoms. The van der Waals surface area contributed by atoms with Gasteiger partial charge in [0.05, 0.1) is 11.4 Å². The van der Waals surface area contributed by atoms with Crippen molar-refractivity contribution < 1.29 is 19.1 Å². The van der Waals surface area contributed by atoms with Crippen molar-refractivity contribution in [1.29, 1.82) is 0 Å². The van der Waals surface area contributed by atoms with Crippen LogP contribution in [0.2, 0.25) is 0 Å². The highest BCUT2D eigenvalue weighted by molar-refractivity contribution is 7.99. The first-order valence-electron chi connectivity index (χ1n) is 9.57. The van der Waals surface area contributed by atoms with Crippen molar-refractivity contribution in [2.45, 2.75) is 23.6 Å². The number of hydrogen-bond donors (Lipinski definition) is 0. The minimum atomic E-state index is -0.588. The van der Waals surface area contributed by atoms with Crippen molar-refractivity contribution in [3.8, 4) is 5.75 Å². The van der Waals surface area contributed by atoms with E-state index in [0.29, 0.717) is 5.75 Å². The molecule has 0 unspecified atom stereocenters. The van der Waals surface area contributed by atoms with E-state index in [2.05, 4.69) is 0 Å². The van der Waals surface area contributed by atoms with Gasteiger partial charge in [-0.3, -0.25) is 9.69 Å². The van der Waals surface area contributed by atoms with Crippen LogP contribution in [0.3, 0.4) is 0 Å². The molecule has 1 heterocycles. The number of hydrogen-bond acceptors (Lipinski definition) is 5. The summed E-state index contributed by atoms with van der Waals surface area (Å²) in [5.74, 6) is -0.304. The standard InChI is InChI=1S/C24H21NO4S/c1-16-11-12-18(13-17(16)2)28-15-24(27)29-14-23(26)25-19-7-3-5-9-21(19)30-22-10-6-4-8-20(22)25/h3-13H,14-15H2,1-2H3. The molecular formula is C24H21NO4S. The second-order valence-corrected chi connectivity index (χ2v) is 8.05. The summed E-state index contributed by atoms with van der Waals surface area (Å²) in [6, 6.07) is 21.0. The summed E-state index contributed by atoms with van der Waals surface area (Å²) in [5, 5.41) is 0. The zero-order valence-corrected chi connectivity index (χ0v) is 17.6. The summed E-state index contributed by atoms with van der Waals surface area (Å²) in [4.78, 5) is 28.7. The van der Waals surface area contributed by atoms with Crippen LogP contribution in [-0.2, 0) is 14.3 Å². The zero-order valence-electron chi connectivity index (χ0n) is 16.8. The maximum atomic E-state index is 13.0. The fraction of sp³-hybridized carbons (Fsp3) is 0.167. The minimum Gasteiger partial charge on any atom is -0.482 e. The molecule has 1 aliphatic heterocycles. The number of carbonyl (C=O) groups excluding carboxylic acids is 2. The normalized spacial score (nSPS) is 12.0. The lowest BCUT2D eigenvalue weighted by Gasteiger charge is -2.30. The molecule has 0 aliphatic carbocycles. The van der Waals surface area contributed by atoms with Gasteiger partial charge in [-0.05, 0) is 61.4 Å². The average Bonchev–Trinajstić information content (AvgIpc) is 2.76. The fourth-order valence-corrected chi connectivity index (χ4v) is 4.23. The van der Waals surface area contributed by atoms with E-state index in [9.17, 15) is 9.59 Å². The Labute approximate surface area is 179 Å². The van der Waals surface area contributed by atoms with Gasteiger partial charge >= 0.3 is 5.97 Å². The van der Waals surface area contributed by atoms with Gasteiger partial charge in [0.1, 0.15) is 5.75 Å². The Balaban J connectivity index is 1.42. The van der Waals surface area contributed by atoms with Crippen molar-refractivity contribution in [3.63, 3.8) is 0 Å². The first-order chi connectivity index (χ1) is 14.5. The summed E-state index contributed by atoms with van der Waals surface area (Å²) in [5.41, 5.74) is 3.80. The number of anilines is 2. The van der Waals surface area contributed by atoms with Crippen LogP contribution in [0.15, 0.2) is 76.5 Å². The highest BCUT2D eigenvalue weighted by Gasteiger charge is 2.28. The number of nitrogens with zero attached hydrogens (tertiary/aromatic N) is 1. The quantitative estimate of drug-likeness (QED) is 0.542. The second kappa shape index (κ2) is 8.63. The van der Waals surface area contributed by atoms with Gasteiger partial charge in [0.25, 0.3) is 5.91 Å². The third-order valence-electron chi connectivity index (χ3n) is 4.87. The molecule has 30 heavy (non-hydrogen) atoms. The van der Waals surface area contributed by atoms with Crippen LogP contribution in [0.25, 0.3) is 0 Å². The fourth-order valence-electron chi connectivity index (χ4n) is 3.17. The van der Waals surface area contributed by atoms with Crippen LogP contribution in [0.1, 0.15) is 11.1 Å². The van der Waals surface area contributed by atoms with Gasteiger partial charge in [-0.1, -0.05) is 42.1 Å². The van der Waals surface area contributed by atoms with Crippen LogP contribution >= 0.6 is 11.8 Å². The Bertz CT molecular complexity index is 1070. The summed E-state index contributed by atoms with van der Waals surface area (Å²) in [6.45, 7) is 3.38. The maximum Gasteiger partial charge on any atom is 0.344 e. The molecular weight excluding hydrogens is 398 g/mol. The second-order valence-electron chi connectivity index (χ2n) is 6.96. The number of benzene rings is 3. The van der Waals surface area contributed by atoms with Gasteiger partial charge in [0.15, 0.2) is 13.2 Å². The van der Waals surface area contributed by atoms with Gasteiger partial charge in [-0.25, -0.2) is 4.79 Å². The number of rotatable bonds is 5. The molecule has 4 rings (SSSR count). The van der Waals surface area contributed by atoms with E-state index in [0.717, 1.165) is 32.3 Å². The van der Waals surface area contributed by atoms with E-state index >= 15 is 0 Å². The van der Waals surface area contributed by atoms with Gasteiger partial charge in [0.2, 0.25) is 0 Å². The number of esters is 1. The molecule has 5 nitrogen and oxygen atoms in total. The SMILES string of the molecule is Cc1ccc(OCC(=O)OCC(=O)N2c3ccccc3Sc3ccccc32)cc1C. The number of para-hydroxylation sites is 2. The molecule has 0 spiro atoms. The lowest BCUT2D eigenvalue weighted by molar-refractivity contribution is -0.149. The third-order valence-corrected chi connectivity index (χ3v) is 6.00. The van der Waals surface area contributed by atoms with Crippen LogP contribution in [0, 0.1) is 13.8 Å². The predicted octanol–water partition coefficient (Wildman–Crippen LogP) is 5.05. The third kappa shape index (κ3) is 4.19. The minimum absolute atomic E-state index is 0.251. The molecule has 1 aliphatic rings. The molecule has 0 radical (unpaired) electrons. The smallest absolute Gasteiger partial charge is 0.344 e. The van der Waals surface area contributed by atoms with E-state index < -0.39 is 5.97 Å². The van der Waals surface area contributed by atoms with Crippen LogP contribution in [0.4, 0.5) is 11.4 Å². The van der Waals surface area contributed by atoms with Crippen LogP contribution < -0.4 is 9.64 Å². The van der Waals surface area contributed by atoms with Crippen LogP contribution in [0.5, 0.6) is 5.75 Å². The maximum absolute atomic E-state index is 13.0. The highest BCUT2D eigenvalue weighted by atomic mass is 32.2. The topological polar surface area (TPSA) is 55.8 Å². The largest absolute Gasteiger partial charge is 0.482 e. The molecule has 0 bridgehead atoms. The van der Waals surface area contributed by atoms with E-state index in [1.165, 1.54) is 0 Å². The molecule has 1 amide bonds. The van der Waals surface area contributed by atoms with Gasteiger partial charge in [-0.2, -0.15) is 0 Å². The zero-order chi connectivity index (χ0) is 21.1. The Morgan fingerprint density at radius 2 is 1.47 bits per heavy atom. The average molecular weight is 420 g/mol. The Hall–Kier alpha value is -3.25. The van der Waals surface area contributed by atoms with E-state index in [1.54, 1.807) is 22.7 Å². The van der Waals surface area contributed by atoms with E-state index in [-0.39, 0.29) is 19.1 Å². The summed E-state index contributed by atoms with van der Waals surface area (Å²) >= 11 is 1.61. The van der Waals surface area contributed by atoms with Gasteiger partial charge < -0.3 is 9.47 Å². The number of carbonyl (C=O) groups is 2. The number of aryl methyl sites for hydroxylation is 2. The Morgan fingerprint density at radius 1 is 0.833 bits per heavy atom. The number of amides is 1. The molecule has 0 N–H and O–H groups in total. The highest BCUT2D eigenvalue weighted by Crippen LogP contribution is 2.47. The van der Waals surface area contributed by atoms with Gasteiger partial charge in [0, 0.05) is 9.79 Å². The summed E-state index contributed by atoms with van der Waals surface area (Å²) in [6.07, 6.45) is 0. The van der Waals surface area contributed by atoms with Crippen molar-refractivity contribution in [1.82, 2.24) is 0 Å². The molecule has 0 atom stereocenters. The van der Waals surface area contributed by atoms with Crippen molar-refractivity contribution in [2.24, 2.45) is 0 Å². The Morgan fingerprint density at radius 3 is 2.10 bits per heavy atom. The lowest BCUT2D eigenvalue weighted by Crippen LogP contribution is -2.33. The summed E-state index contributed by atoms with van der Waals surface area (Å²) in [7, 11) is 0. The van der Waals surface area contributed by atoms with Gasteiger partial charge in [-0.15, -0.1) is 0 Å².